The fourth-order valence-corrected chi connectivity index (χ4v) is 3.21. The molecule has 0 spiro atoms. The Morgan fingerprint density at radius 2 is 2.05 bits per heavy atom. The molecule has 4 nitrogen and oxygen atoms in total. The normalized spacial score (nSPS) is 26.0. The molecule has 3 unspecified atom stereocenters. The zero-order valence-corrected chi connectivity index (χ0v) is 13.4. The number of rotatable bonds is 3. The number of allylic oxidation sites excluding steroid dienone is 1. The van der Waals surface area contributed by atoms with E-state index in [1.807, 2.05) is 45.0 Å². The fraction of sp³-hybridized carbons (Fsp3) is 0.500. The van der Waals surface area contributed by atoms with Crippen molar-refractivity contribution in [2.45, 2.75) is 45.3 Å². The van der Waals surface area contributed by atoms with Crippen LogP contribution in [0.2, 0.25) is 0 Å². The number of benzene rings is 1. The molecule has 0 aliphatic heterocycles. The molecule has 0 bridgehead atoms. The molecular weight excluding hydrogens is 276 g/mol. The molecule has 1 aromatic rings. The predicted molar refractivity (Wildman–Crippen MR) is 89.1 cm³/mol. The first-order chi connectivity index (χ1) is 10.4. The molecule has 2 aliphatic carbocycles. The molecule has 1 saturated carbocycles. The van der Waals surface area contributed by atoms with Crippen molar-refractivity contribution in [3.05, 3.63) is 36.4 Å². The van der Waals surface area contributed by atoms with Gasteiger partial charge in [-0.05, 0) is 57.7 Å². The van der Waals surface area contributed by atoms with Crippen LogP contribution in [0.3, 0.4) is 0 Å². The van der Waals surface area contributed by atoms with Crippen molar-refractivity contribution >= 4 is 17.5 Å². The predicted octanol–water partition coefficient (Wildman–Crippen LogP) is 4.41. The summed E-state index contributed by atoms with van der Waals surface area (Å²) in [5, 5.41) is 6.35. The van der Waals surface area contributed by atoms with Gasteiger partial charge in [0.1, 0.15) is 5.60 Å². The molecule has 118 valence electrons. The Balaban J connectivity index is 1.58. The maximum absolute atomic E-state index is 11.8. The van der Waals surface area contributed by atoms with Crippen LogP contribution in [0, 0.1) is 11.8 Å². The van der Waals surface area contributed by atoms with Crippen molar-refractivity contribution in [1.29, 1.82) is 0 Å². The summed E-state index contributed by atoms with van der Waals surface area (Å²) in [6, 6.07) is 8.31. The SMILES string of the molecule is CC(C)(C)OC(=O)Nc1cccc(NC2CC3CC=CC32)c1. The zero-order valence-electron chi connectivity index (χ0n) is 13.4. The van der Waals surface area contributed by atoms with Crippen LogP contribution in [0.25, 0.3) is 0 Å². The average Bonchev–Trinajstić information content (AvgIpc) is 2.75. The van der Waals surface area contributed by atoms with Gasteiger partial charge in [0.25, 0.3) is 0 Å². The Labute approximate surface area is 131 Å². The molecule has 0 heterocycles. The van der Waals surface area contributed by atoms with Gasteiger partial charge in [-0.25, -0.2) is 4.79 Å². The number of amides is 1. The molecule has 2 N–H and O–H groups in total. The highest BCUT2D eigenvalue weighted by molar-refractivity contribution is 5.85. The van der Waals surface area contributed by atoms with Crippen molar-refractivity contribution in [1.82, 2.24) is 0 Å². The highest BCUT2D eigenvalue weighted by atomic mass is 16.6. The smallest absolute Gasteiger partial charge is 0.412 e. The van der Waals surface area contributed by atoms with Crippen LogP contribution in [0.5, 0.6) is 0 Å². The molecule has 22 heavy (non-hydrogen) atoms. The van der Waals surface area contributed by atoms with Crippen LogP contribution in [-0.4, -0.2) is 17.7 Å². The number of hydrogen-bond acceptors (Lipinski definition) is 3. The summed E-state index contributed by atoms with van der Waals surface area (Å²) in [5.74, 6) is 1.50. The van der Waals surface area contributed by atoms with E-state index in [1.165, 1.54) is 12.8 Å². The summed E-state index contributed by atoms with van der Waals surface area (Å²) in [4.78, 5) is 11.8. The Morgan fingerprint density at radius 3 is 2.77 bits per heavy atom. The number of fused-ring (bicyclic) bond motifs is 1. The molecule has 1 aromatic carbocycles. The van der Waals surface area contributed by atoms with Crippen LogP contribution < -0.4 is 10.6 Å². The third-order valence-corrected chi connectivity index (χ3v) is 4.22. The van der Waals surface area contributed by atoms with E-state index in [2.05, 4.69) is 22.8 Å². The van der Waals surface area contributed by atoms with Gasteiger partial charge in [0.15, 0.2) is 0 Å². The number of carbonyl (C=O) groups excluding carboxylic acids is 1. The first-order valence-electron chi connectivity index (χ1n) is 7.94. The first-order valence-corrected chi connectivity index (χ1v) is 7.94. The van der Waals surface area contributed by atoms with Crippen molar-refractivity contribution in [3.8, 4) is 0 Å². The number of hydrogen-bond donors (Lipinski definition) is 2. The lowest BCUT2D eigenvalue weighted by Crippen LogP contribution is -2.43. The van der Waals surface area contributed by atoms with Crippen molar-refractivity contribution in [2.75, 3.05) is 10.6 Å². The summed E-state index contributed by atoms with van der Waals surface area (Å²) in [5.41, 5.74) is 1.30. The second kappa shape index (κ2) is 5.67. The fourth-order valence-electron chi connectivity index (χ4n) is 3.21. The van der Waals surface area contributed by atoms with E-state index >= 15 is 0 Å². The standard InChI is InChI=1S/C18H24N2O2/c1-18(2,3)22-17(21)20-14-8-5-7-13(11-14)19-16-10-12-6-4-9-15(12)16/h4-5,7-9,11-12,15-16,19H,6,10H2,1-3H3,(H,20,21). The van der Waals surface area contributed by atoms with Gasteiger partial charge < -0.3 is 10.1 Å². The summed E-state index contributed by atoms with van der Waals surface area (Å²) >= 11 is 0. The van der Waals surface area contributed by atoms with Crippen LogP contribution in [0.1, 0.15) is 33.6 Å². The molecular formula is C18H24N2O2. The lowest BCUT2D eigenvalue weighted by molar-refractivity contribution is 0.0636. The summed E-state index contributed by atoms with van der Waals surface area (Å²) in [7, 11) is 0. The van der Waals surface area contributed by atoms with Crippen molar-refractivity contribution in [3.63, 3.8) is 0 Å². The number of anilines is 2. The Bertz CT molecular complexity index is 589. The van der Waals surface area contributed by atoms with Gasteiger partial charge >= 0.3 is 6.09 Å². The summed E-state index contributed by atoms with van der Waals surface area (Å²) in [6.07, 6.45) is 6.64. The largest absolute Gasteiger partial charge is 0.444 e. The minimum Gasteiger partial charge on any atom is -0.444 e. The van der Waals surface area contributed by atoms with Gasteiger partial charge in [-0.3, -0.25) is 5.32 Å². The third-order valence-electron chi connectivity index (χ3n) is 4.22. The summed E-state index contributed by atoms with van der Waals surface area (Å²) in [6.45, 7) is 5.56. The van der Waals surface area contributed by atoms with Gasteiger partial charge in [0.05, 0.1) is 0 Å². The lowest BCUT2D eigenvalue weighted by atomic mass is 9.71. The third kappa shape index (κ3) is 3.43. The summed E-state index contributed by atoms with van der Waals surface area (Å²) < 4.78 is 5.27. The van der Waals surface area contributed by atoms with Crippen LogP contribution in [0.15, 0.2) is 36.4 Å². The van der Waals surface area contributed by atoms with E-state index in [0.29, 0.717) is 12.0 Å². The Morgan fingerprint density at radius 1 is 1.27 bits per heavy atom. The van der Waals surface area contributed by atoms with E-state index < -0.39 is 11.7 Å². The van der Waals surface area contributed by atoms with Gasteiger partial charge in [-0.2, -0.15) is 0 Å². The highest BCUT2D eigenvalue weighted by Gasteiger charge is 2.40. The van der Waals surface area contributed by atoms with Gasteiger partial charge in [-0.1, -0.05) is 18.2 Å². The van der Waals surface area contributed by atoms with Gasteiger partial charge in [-0.15, -0.1) is 0 Å². The van der Waals surface area contributed by atoms with Gasteiger partial charge in [0, 0.05) is 23.3 Å². The Hall–Kier alpha value is -1.97. The van der Waals surface area contributed by atoms with E-state index in [4.69, 9.17) is 4.74 Å². The second-order valence-electron chi connectivity index (χ2n) is 7.20. The minimum atomic E-state index is -0.490. The molecule has 2 aliphatic rings. The molecule has 3 rings (SSSR count). The molecule has 4 heteroatoms. The maximum atomic E-state index is 11.8. The van der Waals surface area contributed by atoms with Crippen molar-refractivity contribution < 1.29 is 9.53 Å². The average molecular weight is 300 g/mol. The van der Waals surface area contributed by atoms with E-state index in [-0.39, 0.29) is 0 Å². The molecule has 3 atom stereocenters. The lowest BCUT2D eigenvalue weighted by Gasteiger charge is -2.41. The van der Waals surface area contributed by atoms with Crippen LogP contribution in [0.4, 0.5) is 16.2 Å². The van der Waals surface area contributed by atoms with Crippen molar-refractivity contribution in [2.24, 2.45) is 11.8 Å². The van der Waals surface area contributed by atoms with E-state index in [9.17, 15) is 4.79 Å². The van der Waals surface area contributed by atoms with Crippen LogP contribution in [-0.2, 0) is 4.74 Å². The topological polar surface area (TPSA) is 50.4 Å². The first kappa shape index (κ1) is 14.9. The van der Waals surface area contributed by atoms with Crippen LogP contribution >= 0.6 is 0 Å². The minimum absolute atomic E-state index is 0.424. The maximum Gasteiger partial charge on any atom is 0.412 e. The Kier molecular flexibility index (Phi) is 3.85. The molecule has 0 aromatic heterocycles. The monoisotopic (exact) mass is 300 g/mol. The molecule has 1 fully saturated rings. The quantitative estimate of drug-likeness (QED) is 0.813. The van der Waals surface area contributed by atoms with Gasteiger partial charge in [0.2, 0.25) is 0 Å². The molecule has 1 amide bonds. The zero-order chi connectivity index (χ0) is 15.7. The van der Waals surface area contributed by atoms with E-state index in [1.54, 1.807) is 0 Å². The highest BCUT2D eigenvalue weighted by Crippen LogP contribution is 2.44. The molecule has 0 saturated heterocycles. The molecule has 0 radical (unpaired) electrons. The number of carbonyl (C=O) groups is 1. The second-order valence-corrected chi connectivity index (χ2v) is 7.20. The van der Waals surface area contributed by atoms with E-state index in [0.717, 1.165) is 17.3 Å². The number of nitrogens with one attached hydrogen (secondary N) is 2. The number of ether oxygens (including phenoxy) is 1.